The molecule has 0 aliphatic carbocycles. The van der Waals surface area contributed by atoms with Crippen molar-refractivity contribution in [3.05, 3.63) is 0 Å². The van der Waals surface area contributed by atoms with Crippen molar-refractivity contribution in [1.29, 1.82) is 0 Å². The number of nitrogens with zero attached hydrogens (tertiary/aromatic N) is 1. The fourth-order valence-corrected chi connectivity index (χ4v) is 3.98. The molecule has 0 spiro atoms. The first-order chi connectivity index (χ1) is 14.2. The van der Waals surface area contributed by atoms with Crippen LogP contribution in [-0.2, 0) is 0 Å². The van der Waals surface area contributed by atoms with Crippen molar-refractivity contribution < 1.29 is 0 Å². The van der Waals surface area contributed by atoms with E-state index in [0.717, 1.165) is 25.4 Å². The summed E-state index contributed by atoms with van der Waals surface area (Å²) in [5, 5.41) is 3.61. The maximum absolute atomic E-state index is 5.55. The van der Waals surface area contributed by atoms with Gasteiger partial charge in [0.15, 0.2) is 0 Å². The highest BCUT2D eigenvalue weighted by Crippen LogP contribution is 2.14. The molecule has 0 rings (SSSR count). The van der Waals surface area contributed by atoms with Gasteiger partial charge in [-0.1, -0.05) is 97.3 Å². The largest absolute Gasteiger partial charge is 0.330 e. The predicted octanol–water partition coefficient (Wildman–Crippen LogP) is 6.75. The molecule has 0 bridgehead atoms. The minimum atomic E-state index is 0.810. The third kappa shape index (κ3) is 25.8. The average molecular weight is 412 g/mol. The summed E-state index contributed by atoms with van der Waals surface area (Å²) in [6.07, 6.45) is 23.9. The second-order valence-electron chi connectivity index (χ2n) is 9.68. The van der Waals surface area contributed by atoms with Gasteiger partial charge in [-0.25, -0.2) is 0 Å². The van der Waals surface area contributed by atoms with Crippen molar-refractivity contribution >= 4 is 0 Å². The molecule has 0 aliphatic rings. The lowest BCUT2D eigenvalue weighted by Gasteiger charge is -2.15. The molecule has 0 unspecified atom stereocenters. The molecule has 0 heterocycles. The molecule has 0 aromatic heterocycles. The molecule has 176 valence electrons. The molecule has 0 aromatic carbocycles. The van der Waals surface area contributed by atoms with Crippen LogP contribution in [0, 0.1) is 5.92 Å². The molecule has 29 heavy (non-hydrogen) atoms. The standard InChI is InChI=1S/C26H57N3/c1-26(2)20-15-13-11-9-7-5-4-6-8-10-12-14-16-22-28-23-17-18-24-29(3)25-19-21-27/h26,28H,4-25,27H2,1-3H3. The van der Waals surface area contributed by atoms with Crippen molar-refractivity contribution in [2.24, 2.45) is 11.7 Å². The molecule has 0 radical (unpaired) electrons. The van der Waals surface area contributed by atoms with Gasteiger partial charge in [0.1, 0.15) is 0 Å². The Morgan fingerprint density at radius 1 is 0.586 bits per heavy atom. The number of unbranched alkanes of at least 4 members (excludes halogenated alkanes) is 13. The van der Waals surface area contributed by atoms with Crippen LogP contribution in [0.3, 0.4) is 0 Å². The van der Waals surface area contributed by atoms with Gasteiger partial charge in [0, 0.05) is 0 Å². The molecule has 0 aliphatic heterocycles. The van der Waals surface area contributed by atoms with Gasteiger partial charge in [-0.2, -0.15) is 0 Å². The van der Waals surface area contributed by atoms with Crippen LogP contribution in [0.25, 0.3) is 0 Å². The van der Waals surface area contributed by atoms with Crippen LogP contribution < -0.4 is 11.1 Å². The second-order valence-corrected chi connectivity index (χ2v) is 9.68. The first-order valence-electron chi connectivity index (χ1n) is 13.3. The Bertz CT molecular complexity index is 294. The fourth-order valence-electron chi connectivity index (χ4n) is 3.98. The van der Waals surface area contributed by atoms with E-state index in [0.29, 0.717) is 0 Å². The topological polar surface area (TPSA) is 41.3 Å². The van der Waals surface area contributed by atoms with Gasteiger partial charge < -0.3 is 16.0 Å². The van der Waals surface area contributed by atoms with Crippen LogP contribution >= 0.6 is 0 Å². The molecule has 0 saturated carbocycles. The van der Waals surface area contributed by atoms with Crippen LogP contribution in [0.5, 0.6) is 0 Å². The highest BCUT2D eigenvalue weighted by molar-refractivity contribution is 4.56. The number of nitrogens with two attached hydrogens (primary N) is 1. The van der Waals surface area contributed by atoms with E-state index in [1.165, 1.54) is 122 Å². The third-order valence-corrected chi connectivity index (χ3v) is 6.02. The Kier molecular flexibility index (Phi) is 24.1. The van der Waals surface area contributed by atoms with Crippen LogP contribution in [0.4, 0.5) is 0 Å². The molecule has 0 amide bonds. The van der Waals surface area contributed by atoms with Crippen molar-refractivity contribution in [3.63, 3.8) is 0 Å². The Labute approximate surface area is 185 Å². The van der Waals surface area contributed by atoms with Gasteiger partial charge in [0.05, 0.1) is 0 Å². The molecule has 0 fully saturated rings. The number of hydrogen-bond donors (Lipinski definition) is 2. The molecule has 3 heteroatoms. The van der Waals surface area contributed by atoms with E-state index >= 15 is 0 Å². The predicted molar refractivity (Wildman–Crippen MR) is 133 cm³/mol. The lowest BCUT2D eigenvalue weighted by atomic mass is 10.0. The lowest BCUT2D eigenvalue weighted by molar-refractivity contribution is 0.322. The summed E-state index contributed by atoms with van der Waals surface area (Å²) in [6, 6.07) is 0. The van der Waals surface area contributed by atoms with Gasteiger partial charge in [-0.05, 0) is 71.4 Å². The SMILES string of the molecule is CC(C)CCCCCCCCCCCCCCCNCCCCN(C)CCCN. The summed E-state index contributed by atoms with van der Waals surface area (Å²) < 4.78 is 0. The van der Waals surface area contributed by atoms with E-state index in [-0.39, 0.29) is 0 Å². The summed E-state index contributed by atoms with van der Waals surface area (Å²) in [5.41, 5.74) is 5.55. The molecule has 0 aromatic rings. The Balaban J connectivity index is 3.05. The van der Waals surface area contributed by atoms with Crippen molar-refractivity contribution in [2.75, 3.05) is 39.8 Å². The summed E-state index contributed by atoms with van der Waals surface area (Å²) >= 11 is 0. The summed E-state index contributed by atoms with van der Waals surface area (Å²) in [4.78, 5) is 2.40. The second kappa shape index (κ2) is 24.2. The first kappa shape index (κ1) is 28.9. The third-order valence-electron chi connectivity index (χ3n) is 6.02. The molecule has 3 nitrogen and oxygen atoms in total. The maximum Gasteiger partial charge on any atom is -0.000977 e. The minimum absolute atomic E-state index is 0.810. The first-order valence-corrected chi connectivity index (χ1v) is 13.3. The van der Waals surface area contributed by atoms with Crippen molar-refractivity contribution in [1.82, 2.24) is 10.2 Å². The van der Waals surface area contributed by atoms with Gasteiger partial charge in [-0.3, -0.25) is 0 Å². The fraction of sp³-hybridized carbons (Fsp3) is 1.00. The molecular weight excluding hydrogens is 354 g/mol. The van der Waals surface area contributed by atoms with Gasteiger partial charge in [0.2, 0.25) is 0 Å². The zero-order valence-corrected chi connectivity index (χ0v) is 20.7. The molecule has 3 N–H and O–H groups in total. The minimum Gasteiger partial charge on any atom is -0.330 e. The Hall–Kier alpha value is -0.120. The van der Waals surface area contributed by atoms with E-state index in [1.54, 1.807) is 0 Å². The molecule has 0 atom stereocenters. The number of rotatable bonds is 24. The lowest BCUT2D eigenvalue weighted by Crippen LogP contribution is -2.24. The highest BCUT2D eigenvalue weighted by Gasteiger charge is 1.98. The monoisotopic (exact) mass is 411 g/mol. The zero-order chi connectivity index (χ0) is 21.4. The van der Waals surface area contributed by atoms with Crippen molar-refractivity contribution in [2.45, 2.75) is 123 Å². The van der Waals surface area contributed by atoms with Gasteiger partial charge >= 0.3 is 0 Å². The number of hydrogen-bond acceptors (Lipinski definition) is 3. The summed E-state index contributed by atoms with van der Waals surface area (Å²) in [5.74, 6) is 0.889. The highest BCUT2D eigenvalue weighted by atomic mass is 15.1. The van der Waals surface area contributed by atoms with E-state index < -0.39 is 0 Å². The van der Waals surface area contributed by atoms with Gasteiger partial charge in [0.25, 0.3) is 0 Å². The van der Waals surface area contributed by atoms with Crippen LogP contribution in [0.15, 0.2) is 0 Å². The number of nitrogens with one attached hydrogen (secondary N) is 1. The summed E-state index contributed by atoms with van der Waals surface area (Å²) in [6.45, 7) is 10.2. The normalized spacial score (nSPS) is 11.8. The molecular formula is C26H57N3. The van der Waals surface area contributed by atoms with Crippen LogP contribution in [-0.4, -0.2) is 44.7 Å². The molecule has 0 saturated heterocycles. The average Bonchev–Trinajstić information content (AvgIpc) is 2.70. The van der Waals surface area contributed by atoms with E-state index in [1.807, 2.05) is 0 Å². The van der Waals surface area contributed by atoms with Crippen LogP contribution in [0.1, 0.15) is 123 Å². The van der Waals surface area contributed by atoms with E-state index in [2.05, 4.69) is 31.1 Å². The van der Waals surface area contributed by atoms with Crippen molar-refractivity contribution in [3.8, 4) is 0 Å². The summed E-state index contributed by atoms with van der Waals surface area (Å²) in [7, 11) is 2.21. The Morgan fingerprint density at radius 3 is 1.48 bits per heavy atom. The van der Waals surface area contributed by atoms with Crippen LogP contribution in [0.2, 0.25) is 0 Å². The smallest absolute Gasteiger partial charge is 0.000977 e. The van der Waals surface area contributed by atoms with E-state index in [4.69, 9.17) is 5.73 Å². The quantitative estimate of drug-likeness (QED) is 0.172. The van der Waals surface area contributed by atoms with Gasteiger partial charge in [-0.15, -0.1) is 0 Å². The maximum atomic E-state index is 5.55. The van der Waals surface area contributed by atoms with E-state index in [9.17, 15) is 0 Å². The zero-order valence-electron chi connectivity index (χ0n) is 20.7. The Morgan fingerprint density at radius 2 is 1.00 bits per heavy atom.